The molecule has 117 heavy (non-hydrogen) atoms. The molecule has 2 fully saturated rings. The number of hydrogen-bond donors (Lipinski definition) is 0. The molecule has 0 unspecified atom stereocenters. The Morgan fingerprint density at radius 1 is 0.325 bits per heavy atom. The number of fused-ring (bicyclic) bond motifs is 20. The number of furan rings is 4. The summed E-state index contributed by atoms with van der Waals surface area (Å²) in [6.07, 6.45) is 25.4. The molecule has 0 aliphatic heterocycles. The topological polar surface area (TPSA) is 120 Å². The van der Waals surface area contributed by atoms with Gasteiger partial charge in [0.25, 0.3) is 0 Å². The highest BCUT2D eigenvalue weighted by atomic mass is 16.4. The van der Waals surface area contributed by atoms with Crippen LogP contribution in [0.15, 0.2) is 255 Å². The summed E-state index contributed by atoms with van der Waals surface area (Å²) >= 11 is 0. The van der Waals surface area contributed by atoms with Crippen LogP contribution in [0.3, 0.4) is 0 Å². The summed E-state index contributed by atoms with van der Waals surface area (Å²) in [5, 5.41) is 17.6. The zero-order valence-electron chi connectivity index (χ0n) is 73.6. The summed E-state index contributed by atoms with van der Waals surface area (Å²) in [4.78, 5) is 18.4. The van der Waals surface area contributed by atoms with Gasteiger partial charge in [-0.3, -0.25) is 0 Å². The predicted molar refractivity (Wildman–Crippen MR) is 477 cm³/mol. The maximum atomic E-state index is 9.02. The standard InChI is InChI=1S/C28H27N2O.C27H25N2O.C26H25N2O.C24H21N2O/c1-18-12-14-23-26-22-11-7-6-10-20(22)16-29-28(26)31-27(23)25(18)24-15-13-21(17-30(24)2)19-8-4-3-5-9-19;1-17-11-13-22-25-21-10-6-5-9-19(21)15-28-27(25)30-26(22)24(17)23-14-12-20(16-29(23)2)18-7-3-4-8-18;1-16-10-12-20-23-19-9-7-6-8-17(19)14-27-25(23)29-24(20)22(16)21-13-11-18(15-28(21)5)26(2,3)4;1-14-9-10-19-22-18-8-6-5-7-17(18)12-25-24(22)27-23(19)21(14)20-11-15(2)16(3)13-26(20)4/h6-7,10-17,19H,3-5,8-9H2,1-2H3;5-6,9-16,18H,3-4,7-8H2,1-2H3;6-15H,1-5H3;5-13H,1-4H3/q4*+1/i19D;18D;;3D3. The molecule has 2 saturated carbocycles. The number of pyridine rings is 8. The number of nitrogens with zero attached hydrogens (tertiary/aromatic N) is 8. The highest BCUT2D eigenvalue weighted by molar-refractivity contribution is 6.23. The van der Waals surface area contributed by atoms with Crippen LogP contribution in [0.25, 0.3) is 176 Å². The van der Waals surface area contributed by atoms with E-state index in [1.54, 1.807) is 6.20 Å². The highest BCUT2D eigenvalue weighted by Gasteiger charge is 2.31. The maximum absolute atomic E-state index is 9.02. The lowest BCUT2D eigenvalue weighted by Gasteiger charge is -2.21. The van der Waals surface area contributed by atoms with Crippen LogP contribution >= 0.6 is 0 Å². The Morgan fingerprint density at radius 2 is 0.632 bits per heavy atom. The van der Waals surface area contributed by atoms with Gasteiger partial charge >= 0.3 is 0 Å². The van der Waals surface area contributed by atoms with Gasteiger partial charge in [0.05, 0.1) is 43.8 Å². The van der Waals surface area contributed by atoms with Crippen molar-refractivity contribution in [1.29, 1.82) is 0 Å². The first-order valence-corrected chi connectivity index (χ1v) is 41.0. The van der Waals surface area contributed by atoms with Crippen molar-refractivity contribution in [2.75, 3.05) is 0 Å². The van der Waals surface area contributed by atoms with Crippen molar-refractivity contribution in [3.8, 4) is 45.0 Å². The van der Waals surface area contributed by atoms with Crippen LogP contribution in [0.2, 0.25) is 0 Å². The molecule has 2 aliphatic rings. The minimum atomic E-state index is -2.15. The molecule has 12 heterocycles. The van der Waals surface area contributed by atoms with Crippen LogP contribution < -0.4 is 18.3 Å². The monoisotopic (exact) mass is 1540 g/mol. The molecule has 12 heteroatoms. The van der Waals surface area contributed by atoms with Gasteiger partial charge in [0, 0.05) is 121 Å². The first-order valence-electron chi connectivity index (χ1n) is 43.5. The molecule has 12 aromatic heterocycles. The smallest absolute Gasteiger partial charge is 0.227 e. The normalized spacial score (nSPS) is 14.9. The Kier molecular flexibility index (Phi) is 17.5. The third-order valence-electron chi connectivity index (χ3n) is 24.6. The predicted octanol–water partition coefficient (Wildman–Crippen LogP) is 25.4. The molecular weight excluding hydrogens is 1440 g/mol. The highest BCUT2D eigenvalue weighted by Crippen LogP contribution is 2.46. The molecule has 578 valence electrons. The van der Waals surface area contributed by atoms with E-state index in [2.05, 4.69) is 261 Å². The van der Waals surface area contributed by atoms with E-state index in [0.717, 1.165) is 216 Å². The van der Waals surface area contributed by atoms with Crippen molar-refractivity contribution in [3.63, 3.8) is 0 Å². The SMILES string of the molecule is Cc1ccc2c(oc3ncc4ccccc4c32)c1-c1ccc(C(C)(C)C)c[n+]1C.[2H]C([2H])([2H])c1c[n+](C)c(-c2c(C)ccc3c2oc2ncc4ccccc4c23)cc1C.[2H]C1(c2ccc(-c3c(C)ccc4c3oc3ncc5ccccc5c34)[n+](C)c2)CCCC1.[2H]C1(c2ccc(-c3c(C)ccc4c3oc3ncc5ccccc5c34)[n+](C)c2)CCCCC1. The molecule has 0 amide bonds. The van der Waals surface area contributed by atoms with Crippen LogP contribution in [0.5, 0.6) is 0 Å². The van der Waals surface area contributed by atoms with Gasteiger partial charge in [0.2, 0.25) is 45.6 Å². The molecule has 0 atom stereocenters. The van der Waals surface area contributed by atoms with Gasteiger partial charge in [0.1, 0.15) is 28.2 Å². The molecule has 0 radical (unpaired) electrons. The lowest BCUT2D eigenvalue weighted by Crippen LogP contribution is -2.33. The van der Waals surface area contributed by atoms with E-state index in [-0.39, 0.29) is 5.41 Å². The van der Waals surface area contributed by atoms with E-state index in [4.69, 9.17) is 24.5 Å². The van der Waals surface area contributed by atoms with Gasteiger partial charge < -0.3 is 17.7 Å². The molecule has 0 N–H and O–H groups in total. The molecule has 0 saturated heterocycles. The first kappa shape index (κ1) is 68.6. The van der Waals surface area contributed by atoms with Gasteiger partial charge in [0.15, 0.2) is 47.1 Å². The largest absolute Gasteiger partial charge is 0.437 e. The lowest BCUT2D eigenvalue weighted by atomic mass is 9.84. The molecule has 20 aromatic rings. The maximum Gasteiger partial charge on any atom is 0.227 e. The summed E-state index contributed by atoms with van der Waals surface area (Å²) in [5.74, 6) is -0.905. The summed E-state index contributed by atoms with van der Waals surface area (Å²) in [6, 6.07) is 65.4. The second-order valence-electron chi connectivity index (χ2n) is 33.4. The van der Waals surface area contributed by atoms with Gasteiger partial charge in [-0.05, 0) is 152 Å². The summed E-state index contributed by atoms with van der Waals surface area (Å²) < 4.78 is 75.1. The van der Waals surface area contributed by atoms with Gasteiger partial charge in [-0.1, -0.05) is 198 Å². The average molecular weight is 1540 g/mol. The van der Waals surface area contributed by atoms with E-state index in [1.165, 1.54) is 39.4 Å². The Balaban J connectivity index is 0.000000107. The fourth-order valence-corrected chi connectivity index (χ4v) is 18.3. The Bertz CT molecular complexity index is 7640. The van der Waals surface area contributed by atoms with E-state index < -0.39 is 18.6 Å². The van der Waals surface area contributed by atoms with Crippen LogP contribution in [0.4, 0.5) is 0 Å². The number of rotatable bonds is 6. The van der Waals surface area contributed by atoms with Crippen LogP contribution in [-0.2, 0) is 33.6 Å². The fraction of sp³-hybridized carbons (Fsp3) is 0.238. The molecule has 2 aliphatic carbocycles. The summed E-state index contributed by atoms with van der Waals surface area (Å²) in [7, 11) is 8.14. The number of benzene rings is 8. The van der Waals surface area contributed by atoms with Crippen molar-refractivity contribution in [3.05, 3.63) is 288 Å². The van der Waals surface area contributed by atoms with Crippen molar-refractivity contribution in [2.24, 2.45) is 28.2 Å². The molecule has 0 bridgehead atoms. The molecule has 12 nitrogen and oxygen atoms in total. The van der Waals surface area contributed by atoms with Gasteiger partial charge in [-0.25, -0.2) is 38.2 Å². The minimum Gasteiger partial charge on any atom is -0.437 e. The Labute approximate surface area is 688 Å². The third-order valence-corrected chi connectivity index (χ3v) is 24.6. The van der Waals surface area contributed by atoms with Gasteiger partial charge in [-0.15, -0.1) is 0 Å². The zero-order valence-corrected chi connectivity index (χ0v) is 68.6. The molecule has 22 rings (SSSR count). The van der Waals surface area contributed by atoms with Crippen LogP contribution in [0.1, 0.15) is 147 Å². The zero-order chi connectivity index (χ0) is 84.6. The van der Waals surface area contributed by atoms with Crippen molar-refractivity contribution >= 4 is 131 Å². The molecule has 8 aromatic carbocycles. The van der Waals surface area contributed by atoms with E-state index in [9.17, 15) is 0 Å². The van der Waals surface area contributed by atoms with E-state index >= 15 is 0 Å². The fourth-order valence-electron chi connectivity index (χ4n) is 18.3. The number of aromatic nitrogens is 8. The summed E-state index contributed by atoms with van der Waals surface area (Å²) in [5.41, 5.74) is 23.9. The molecular formula is C105H98N8O4+4. The van der Waals surface area contributed by atoms with Crippen molar-refractivity contribution < 1.29 is 42.8 Å². The molecule has 0 spiro atoms. The van der Waals surface area contributed by atoms with Crippen molar-refractivity contribution in [1.82, 2.24) is 19.9 Å². The van der Waals surface area contributed by atoms with Crippen molar-refractivity contribution in [2.45, 2.75) is 137 Å². The van der Waals surface area contributed by atoms with Gasteiger partial charge in [-0.2, -0.15) is 0 Å². The van der Waals surface area contributed by atoms with E-state index in [0.29, 0.717) is 28.4 Å². The summed E-state index contributed by atoms with van der Waals surface area (Å²) in [6.45, 7) is 14.9. The Morgan fingerprint density at radius 3 is 0.957 bits per heavy atom. The lowest BCUT2D eigenvalue weighted by molar-refractivity contribution is -0.661. The number of hydrogen-bond acceptors (Lipinski definition) is 8. The third kappa shape index (κ3) is 13.2. The van der Waals surface area contributed by atoms with E-state index in [1.807, 2.05) is 92.7 Å². The quantitative estimate of drug-likeness (QED) is 0.151. The number of aryl methyl sites for hydroxylation is 10. The Hall–Kier alpha value is -12.8. The van der Waals surface area contributed by atoms with Crippen LogP contribution in [0, 0.1) is 41.5 Å². The average Bonchev–Trinajstić information content (AvgIpc) is 1.58. The first-order chi connectivity index (χ1) is 58.7. The minimum absolute atomic E-state index is 0.111. The second-order valence-corrected chi connectivity index (χ2v) is 33.4. The second kappa shape index (κ2) is 29.8. The van der Waals surface area contributed by atoms with Crippen LogP contribution in [-0.4, -0.2) is 19.9 Å².